The summed E-state index contributed by atoms with van der Waals surface area (Å²) in [4.78, 5) is 2.91. The molecule has 1 aromatic heterocycles. The highest BCUT2D eigenvalue weighted by Gasteiger charge is 2.30. The summed E-state index contributed by atoms with van der Waals surface area (Å²) >= 11 is 0. The molecule has 2 aromatic carbocycles. The third-order valence-corrected chi connectivity index (χ3v) is 4.82. The fraction of sp³-hybridized carbons (Fsp3) is 0.0556. The van der Waals surface area contributed by atoms with Crippen molar-refractivity contribution in [1.29, 1.82) is 0 Å². The average Bonchev–Trinajstić information content (AvgIpc) is 2.62. The number of halogens is 5. The molecule has 1 heterocycles. The van der Waals surface area contributed by atoms with Gasteiger partial charge in [-0.2, -0.15) is 13.2 Å². The van der Waals surface area contributed by atoms with Crippen LogP contribution in [0.3, 0.4) is 0 Å². The highest BCUT2D eigenvalue weighted by molar-refractivity contribution is 7.89. The van der Waals surface area contributed by atoms with Gasteiger partial charge in [-0.1, -0.05) is 18.2 Å². The van der Waals surface area contributed by atoms with Gasteiger partial charge in [0, 0.05) is 17.3 Å². The number of nitrogens with two attached hydrogens (primary N) is 1. The van der Waals surface area contributed by atoms with Crippen molar-refractivity contribution in [1.82, 2.24) is 4.98 Å². The summed E-state index contributed by atoms with van der Waals surface area (Å²) in [5, 5.41) is 4.84. The first-order valence-corrected chi connectivity index (χ1v) is 9.18. The van der Waals surface area contributed by atoms with Gasteiger partial charge in [0.1, 0.15) is 16.5 Å². The maximum atomic E-state index is 14.5. The molecule has 0 spiro atoms. The number of hydrogen-bond acceptors (Lipinski definition) is 3. The van der Waals surface area contributed by atoms with Gasteiger partial charge in [0.15, 0.2) is 0 Å². The van der Waals surface area contributed by atoms with E-state index in [0.29, 0.717) is 12.1 Å². The van der Waals surface area contributed by atoms with Crippen LogP contribution in [0.15, 0.2) is 59.6 Å². The first-order valence-electron chi connectivity index (χ1n) is 7.63. The van der Waals surface area contributed by atoms with E-state index in [4.69, 9.17) is 5.14 Å². The van der Waals surface area contributed by atoms with Crippen molar-refractivity contribution < 1.29 is 30.4 Å². The zero-order valence-electron chi connectivity index (χ0n) is 13.8. The zero-order valence-corrected chi connectivity index (χ0v) is 14.7. The van der Waals surface area contributed by atoms with Crippen molar-refractivity contribution in [3.05, 3.63) is 71.9 Å². The summed E-state index contributed by atoms with van der Waals surface area (Å²) in [6.07, 6.45) is -3.34. The van der Waals surface area contributed by atoms with Crippen LogP contribution >= 0.6 is 0 Å². The number of rotatable bonds is 3. The number of hydrogen-bond donors (Lipinski definition) is 1. The molecule has 2 N–H and O–H groups in total. The summed E-state index contributed by atoms with van der Waals surface area (Å²) in [7, 11) is -4.50. The first kappa shape index (κ1) is 19.9. The molecule has 0 aliphatic heterocycles. The third kappa shape index (κ3) is 3.87. The van der Waals surface area contributed by atoms with Crippen LogP contribution in [0.25, 0.3) is 22.4 Å². The molecular weight excluding hydrogens is 403 g/mol. The Balaban J connectivity index is 2.21. The van der Waals surface area contributed by atoms with Crippen molar-refractivity contribution in [2.24, 2.45) is 5.14 Å². The van der Waals surface area contributed by atoms with Crippen molar-refractivity contribution >= 4 is 10.0 Å². The molecule has 0 fully saturated rings. The number of nitrogens with zero attached hydrogens (tertiary/aromatic N) is 1. The number of aromatic nitrogens is 1. The summed E-state index contributed by atoms with van der Waals surface area (Å²) < 4.78 is 90.3. The monoisotopic (exact) mass is 414 g/mol. The normalized spacial score (nSPS) is 12.2. The predicted octanol–water partition coefficient (Wildman–Crippen LogP) is 4.36. The lowest BCUT2D eigenvalue weighted by Gasteiger charge is -2.13. The van der Waals surface area contributed by atoms with Crippen LogP contribution in [-0.2, 0) is 16.2 Å². The van der Waals surface area contributed by atoms with Gasteiger partial charge in [0.25, 0.3) is 0 Å². The van der Waals surface area contributed by atoms with Gasteiger partial charge in [0.05, 0.1) is 11.3 Å². The minimum absolute atomic E-state index is 0.0771. The summed E-state index contributed by atoms with van der Waals surface area (Å²) in [5.74, 6) is -2.45. The van der Waals surface area contributed by atoms with Crippen molar-refractivity contribution in [3.63, 3.8) is 0 Å². The molecule has 0 saturated carbocycles. The SMILES string of the molecule is NS(=O)(=O)c1cc(F)c(-c2ncccc2-c2cccc(C(F)(F)F)c2)cc1F. The minimum Gasteiger partial charge on any atom is -0.255 e. The number of sulfonamides is 1. The van der Waals surface area contributed by atoms with E-state index in [9.17, 15) is 30.4 Å². The van der Waals surface area contributed by atoms with Crippen molar-refractivity contribution in [2.45, 2.75) is 11.1 Å². The number of alkyl halides is 3. The maximum Gasteiger partial charge on any atom is 0.416 e. The van der Waals surface area contributed by atoms with E-state index in [-0.39, 0.29) is 16.8 Å². The molecule has 3 rings (SSSR count). The van der Waals surface area contributed by atoms with Crippen LogP contribution in [-0.4, -0.2) is 13.4 Å². The van der Waals surface area contributed by atoms with E-state index in [2.05, 4.69) is 4.98 Å². The maximum absolute atomic E-state index is 14.5. The molecule has 3 aromatic rings. The first-order chi connectivity index (χ1) is 13.0. The van der Waals surface area contributed by atoms with Gasteiger partial charge >= 0.3 is 6.18 Å². The topological polar surface area (TPSA) is 73.1 Å². The molecule has 0 bridgehead atoms. The van der Waals surface area contributed by atoms with Gasteiger partial charge in [-0.05, 0) is 35.9 Å². The molecule has 146 valence electrons. The van der Waals surface area contributed by atoms with E-state index in [1.807, 2.05) is 0 Å². The highest BCUT2D eigenvalue weighted by Crippen LogP contribution is 2.36. The summed E-state index contributed by atoms with van der Waals surface area (Å²) in [6, 6.07) is 8.08. The lowest BCUT2D eigenvalue weighted by Crippen LogP contribution is -2.14. The van der Waals surface area contributed by atoms with E-state index in [1.54, 1.807) is 0 Å². The molecule has 0 atom stereocenters. The van der Waals surface area contributed by atoms with Crippen LogP contribution in [0.4, 0.5) is 22.0 Å². The third-order valence-electron chi connectivity index (χ3n) is 3.89. The molecule has 4 nitrogen and oxygen atoms in total. The molecule has 0 unspecified atom stereocenters. The standard InChI is InChI=1S/C18H11F5N2O2S/c19-14-9-16(28(24,26)27)15(20)8-13(14)17-12(5-2-6-25-17)10-3-1-4-11(7-10)18(21,22)23/h1-9H,(H2,24,26,27). The molecule has 0 aliphatic rings. The van der Waals surface area contributed by atoms with E-state index in [1.165, 1.54) is 30.5 Å². The fourth-order valence-electron chi connectivity index (χ4n) is 2.64. The van der Waals surface area contributed by atoms with Gasteiger partial charge in [0.2, 0.25) is 10.0 Å². The molecule has 0 radical (unpaired) electrons. The second-order valence-electron chi connectivity index (χ2n) is 5.79. The second kappa shape index (κ2) is 6.95. The van der Waals surface area contributed by atoms with Crippen LogP contribution in [0, 0.1) is 11.6 Å². The Morgan fingerprint density at radius 2 is 1.61 bits per heavy atom. The van der Waals surface area contributed by atoms with Crippen molar-refractivity contribution in [3.8, 4) is 22.4 Å². The van der Waals surface area contributed by atoms with E-state index < -0.39 is 43.9 Å². The Labute approximate surface area is 156 Å². The van der Waals surface area contributed by atoms with Gasteiger partial charge in [-0.3, -0.25) is 4.98 Å². The molecule has 0 aliphatic carbocycles. The molecule has 0 saturated heterocycles. The minimum atomic E-state index is -4.59. The number of primary sulfonamides is 1. The van der Waals surface area contributed by atoms with Gasteiger partial charge < -0.3 is 0 Å². The molecular formula is C18H11F5N2O2S. The van der Waals surface area contributed by atoms with Crippen LogP contribution in [0.5, 0.6) is 0 Å². The Kier molecular flexibility index (Phi) is 4.94. The zero-order chi connectivity index (χ0) is 20.7. The molecule has 0 amide bonds. The summed E-state index contributed by atoms with van der Waals surface area (Å²) in [6.45, 7) is 0. The molecule has 10 heteroatoms. The average molecular weight is 414 g/mol. The lowest BCUT2D eigenvalue weighted by atomic mass is 9.97. The largest absolute Gasteiger partial charge is 0.416 e. The second-order valence-corrected chi connectivity index (χ2v) is 7.32. The Morgan fingerprint density at radius 3 is 2.25 bits per heavy atom. The Morgan fingerprint density at radius 1 is 0.893 bits per heavy atom. The van der Waals surface area contributed by atoms with Gasteiger partial charge in [-0.15, -0.1) is 0 Å². The lowest BCUT2D eigenvalue weighted by molar-refractivity contribution is -0.137. The Bertz CT molecular complexity index is 1160. The van der Waals surface area contributed by atoms with Crippen LogP contribution < -0.4 is 5.14 Å². The van der Waals surface area contributed by atoms with Crippen LogP contribution in [0.1, 0.15) is 5.56 Å². The number of pyridine rings is 1. The van der Waals surface area contributed by atoms with E-state index in [0.717, 1.165) is 12.1 Å². The fourth-order valence-corrected chi connectivity index (χ4v) is 3.24. The van der Waals surface area contributed by atoms with Crippen LogP contribution in [0.2, 0.25) is 0 Å². The molecule has 28 heavy (non-hydrogen) atoms. The predicted molar refractivity (Wildman–Crippen MR) is 91.4 cm³/mol. The van der Waals surface area contributed by atoms with Crippen molar-refractivity contribution in [2.75, 3.05) is 0 Å². The van der Waals surface area contributed by atoms with E-state index >= 15 is 0 Å². The number of benzene rings is 2. The quantitative estimate of drug-likeness (QED) is 0.648. The highest BCUT2D eigenvalue weighted by atomic mass is 32.2. The smallest absolute Gasteiger partial charge is 0.255 e. The van der Waals surface area contributed by atoms with Gasteiger partial charge in [-0.25, -0.2) is 22.3 Å². The summed E-state index contributed by atoms with van der Waals surface area (Å²) in [5.41, 5.74) is -1.31. The Hall–Kier alpha value is -2.85.